The van der Waals surface area contributed by atoms with Gasteiger partial charge >= 0.3 is 5.97 Å². The maximum atomic E-state index is 10.9. The lowest BCUT2D eigenvalue weighted by molar-refractivity contribution is -0.138. The highest BCUT2D eigenvalue weighted by molar-refractivity contribution is 5.67. The molecule has 0 unspecified atom stereocenters. The molecule has 0 fully saturated rings. The van der Waals surface area contributed by atoms with Crippen molar-refractivity contribution in [1.29, 1.82) is 0 Å². The van der Waals surface area contributed by atoms with Crippen LogP contribution in [0.15, 0.2) is 24.3 Å². The molecule has 0 amide bonds. The van der Waals surface area contributed by atoms with Crippen molar-refractivity contribution in [3.63, 3.8) is 0 Å². The standard InChI is InChI=1S/C15H22O3/c1-3-4-7-12(11-15(16)17)10-13-8-5-6-9-14(13)18-2/h5-6,8-9,12H,3-4,7,10-11H2,1-2H3,(H,16,17)/t12-/m0/s1. The summed E-state index contributed by atoms with van der Waals surface area (Å²) < 4.78 is 5.31. The van der Waals surface area contributed by atoms with Crippen LogP contribution >= 0.6 is 0 Å². The molecule has 1 rings (SSSR count). The van der Waals surface area contributed by atoms with Crippen molar-refractivity contribution < 1.29 is 14.6 Å². The lowest BCUT2D eigenvalue weighted by Gasteiger charge is -2.16. The van der Waals surface area contributed by atoms with Gasteiger partial charge in [-0.05, 0) is 30.4 Å². The Morgan fingerprint density at radius 3 is 2.72 bits per heavy atom. The van der Waals surface area contributed by atoms with Crippen molar-refractivity contribution in [2.45, 2.75) is 39.0 Å². The van der Waals surface area contributed by atoms with E-state index in [4.69, 9.17) is 9.84 Å². The fraction of sp³-hybridized carbons (Fsp3) is 0.533. The second kappa shape index (κ2) is 7.75. The average Bonchev–Trinajstić information content (AvgIpc) is 2.36. The Labute approximate surface area is 109 Å². The molecule has 18 heavy (non-hydrogen) atoms. The van der Waals surface area contributed by atoms with Crippen LogP contribution in [-0.4, -0.2) is 18.2 Å². The van der Waals surface area contributed by atoms with Crippen LogP contribution in [0.4, 0.5) is 0 Å². The van der Waals surface area contributed by atoms with E-state index in [1.165, 1.54) is 0 Å². The minimum Gasteiger partial charge on any atom is -0.496 e. The summed E-state index contributed by atoms with van der Waals surface area (Å²) in [5.41, 5.74) is 1.10. The molecule has 0 aliphatic rings. The number of aliphatic carboxylic acids is 1. The highest BCUT2D eigenvalue weighted by Gasteiger charge is 2.15. The molecule has 0 spiro atoms. The van der Waals surface area contributed by atoms with E-state index in [-0.39, 0.29) is 12.3 Å². The Hall–Kier alpha value is -1.51. The minimum absolute atomic E-state index is 0.193. The molecular formula is C15H22O3. The summed E-state index contributed by atoms with van der Waals surface area (Å²) in [5, 5.41) is 8.96. The van der Waals surface area contributed by atoms with Gasteiger partial charge in [0.05, 0.1) is 7.11 Å². The van der Waals surface area contributed by atoms with Crippen LogP contribution in [0.5, 0.6) is 5.75 Å². The summed E-state index contributed by atoms with van der Waals surface area (Å²) in [6.07, 6.45) is 4.14. The Bertz CT molecular complexity index is 374. The topological polar surface area (TPSA) is 46.5 Å². The molecule has 0 saturated heterocycles. The van der Waals surface area contributed by atoms with E-state index in [9.17, 15) is 4.79 Å². The summed E-state index contributed by atoms with van der Waals surface area (Å²) in [7, 11) is 1.65. The number of benzene rings is 1. The van der Waals surface area contributed by atoms with Crippen LogP contribution in [0.2, 0.25) is 0 Å². The van der Waals surface area contributed by atoms with Crippen molar-refractivity contribution in [2.24, 2.45) is 5.92 Å². The van der Waals surface area contributed by atoms with Crippen molar-refractivity contribution in [2.75, 3.05) is 7.11 Å². The lowest BCUT2D eigenvalue weighted by atomic mass is 9.91. The van der Waals surface area contributed by atoms with Gasteiger partial charge in [-0.15, -0.1) is 0 Å². The number of carboxylic acids is 1. The van der Waals surface area contributed by atoms with Crippen molar-refractivity contribution >= 4 is 5.97 Å². The Balaban J connectivity index is 2.71. The van der Waals surface area contributed by atoms with E-state index in [0.29, 0.717) is 0 Å². The van der Waals surface area contributed by atoms with Gasteiger partial charge in [-0.2, -0.15) is 0 Å². The number of carboxylic acid groups (broad SMARTS) is 1. The first-order valence-corrected chi connectivity index (χ1v) is 6.51. The predicted octanol–water partition coefficient (Wildman–Crippen LogP) is 3.52. The highest BCUT2D eigenvalue weighted by Crippen LogP contribution is 2.25. The van der Waals surface area contributed by atoms with Crippen LogP contribution in [0.25, 0.3) is 0 Å². The van der Waals surface area contributed by atoms with Crippen molar-refractivity contribution in [3.05, 3.63) is 29.8 Å². The fourth-order valence-corrected chi connectivity index (χ4v) is 2.20. The van der Waals surface area contributed by atoms with E-state index < -0.39 is 5.97 Å². The first-order valence-electron chi connectivity index (χ1n) is 6.51. The van der Waals surface area contributed by atoms with E-state index in [0.717, 1.165) is 37.0 Å². The monoisotopic (exact) mass is 250 g/mol. The predicted molar refractivity (Wildman–Crippen MR) is 72.0 cm³/mol. The second-order valence-electron chi connectivity index (χ2n) is 4.62. The molecule has 0 radical (unpaired) electrons. The molecule has 0 saturated carbocycles. The number of unbranched alkanes of at least 4 members (excludes halogenated alkanes) is 1. The number of hydrogen-bond acceptors (Lipinski definition) is 2. The molecule has 1 aromatic rings. The SMILES string of the molecule is CCCC[C@H](CC(=O)O)Cc1ccccc1OC. The molecule has 0 aliphatic carbocycles. The molecule has 3 heteroatoms. The summed E-state index contributed by atoms with van der Waals surface area (Å²) >= 11 is 0. The van der Waals surface area contributed by atoms with Gasteiger partial charge in [0.2, 0.25) is 0 Å². The van der Waals surface area contributed by atoms with Gasteiger partial charge < -0.3 is 9.84 Å². The molecule has 0 heterocycles. The van der Waals surface area contributed by atoms with Crippen LogP contribution < -0.4 is 4.74 Å². The maximum absolute atomic E-state index is 10.9. The van der Waals surface area contributed by atoms with Crippen molar-refractivity contribution in [1.82, 2.24) is 0 Å². The maximum Gasteiger partial charge on any atom is 0.303 e. The van der Waals surface area contributed by atoms with E-state index in [1.807, 2.05) is 24.3 Å². The Kier molecular flexibility index (Phi) is 6.26. The zero-order valence-corrected chi connectivity index (χ0v) is 11.2. The average molecular weight is 250 g/mol. The van der Waals surface area contributed by atoms with E-state index in [1.54, 1.807) is 7.11 Å². The van der Waals surface area contributed by atoms with Crippen molar-refractivity contribution in [3.8, 4) is 5.75 Å². The zero-order valence-electron chi connectivity index (χ0n) is 11.2. The fourth-order valence-electron chi connectivity index (χ4n) is 2.20. The number of carbonyl (C=O) groups is 1. The largest absolute Gasteiger partial charge is 0.496 e. The van der Waals surface area contributed by atoms with Gasteiger partial charge in [0.25, 0.3) is 0 Å². The second-order valence-corrected chi connectivity index (χ2v) is 4.62. The molecule has 3 nitrogen and oxygen atoms in total. The van der Waals surface area contributed by atoms with Crippen LogP contribution in [-0.2, 0) is 11.2 Å². The molecule has 1 aromatic carbocycles. The number of para-hydroxylation sites is 1. The third-order valence-corrected chi connectivity index (χ3v) is 3.13. The lowest BCUT2D eigenvalue weighted by Crippen LogP contribution is -2.11. The third kappa shape index (κ3) is 4.78. The van der Waals surface area contributed by atoms with E-state index in [2.05, 4.69) is 6.92 Å². The van der Waals surface area contributed by atoms with Gasteiger partial charge in [0.15, 0.2) is 0 Å². The normalized spacial score (nSPS) is 12.1. The van der Waals surface area contributed by atoms with Gasteiger partial charge in [0, 0.05) is 6.42 Å². The molecule has 0 aliphatic heterocycles. The Morgan fingerprint density at radius 2 is 2.11 bits per heavy atom. The minimum atomic E-state index is -0.717. The summed E-state index contributed by atoms with van der Waals surface area (Å²) in [6.45, 7) is 2.13. The number of hydrogen-bond donors (Lipinski definition) is 1. The molecular weight excluding hydrogens is 228 g/mol. The molecule has 1 atom stereocenters. The van der Waals surface area contributed by atoms with Crippen LogP contribution in [0, 0.1) is 5.92 Å². The Morgan fingerprint density at radius 1 is 1.39 bits per heavy atom. The number of rotatable bonds is 8. The molecule has 1 N–H and O–H groups in total. The summed E-state index contributed by atoms with van der Waals surface area (Å²) in [5.74, 6) is 0.328. The van der Waals surface area contributed by atoms with Gasteiger partial charge in [-0.3, -0.25) is 4.79 Å². The molecule has 100 valence electrons. The number of methoxy groups -OCH3 is 1. The first kappa shape index (κ1) is 14.6. The third-order valence-electron chi connectivity index (χ3n) is 3.13. The van der Waals surface area contributed by atoms with Gasteiger partial charge in [0.1, 0.15) is 5.75 Å². The van der Waals surface area contributed by atoms with Gasteiger partial charge in [-0.1, -0.05) is 38.0 Å². The molecule has 0 aromatic heterocycles. The zero-order chi connectivity index (χ0) is 13.4. The van der Waals surface area contributed by atoms with Gasteiger partial charge in [-0.25, -0.2) is 0 Å². The summed E-state index contributed by atoms with van der Waals surface area (Å²) in [4.78, 5) is 10.9. The first-order chi connectivity index (χ1) is 8.67. The summed E-state index contributed by atoms with van der Waals surface area (Å²) in [6, 6.07) is 7.84. The van der Waals surface area contributed by atoms with E-state index >= 15 is 0 Å². The molecule has 0 bridgehead atoms. The quantitative estimate of drug-likeness (QED) is 0.768. The highest BCUT2D eigenvalue weighted by atomic mass is 16.5. The smallest absolute Gasteiger partial charge is 0.303 e. The van der Waals surface area contributed by atoms with Crippen LogP contribution in [0.3, 0.4) is 0 Å². The number of ether oxygens (including phenoxy) is 1. The van der Waals surface area contributed by atoms with Crippen LogP contribution in [0.1, 0.15) is 38.2 Å².